The molecule has 0 aromatic rings. The fraction of sp³-hybridized carbons (Fsp3) is 1.00. The highest BCUT2D eigenvalue weighted by atomic mass is 16.3. The first kappa shape index (κ1) is 13.5. The second-order valence-electron chi connectivity index (χ2n) is 2.42. The summed E-state index contributed by atoms with van der Waals surface area (Å²) in [6, 6.07) is 0. The van der Waals surface area contributed by atoms with Gasteiger partial charge in [-0.25, -0.2) is 0 Å². The molecule has 0 aliphatic carbocycles. The molecule has 1 aliphatic rings. The predicted molar refractivity (Wildman–Crippen MR) is 50.8 cm³/mol. The zero-order valence-electron chi connectivity index (χ0n) is 8.57. The van der Waals surface area contributed by atoms with Crippen molar-refractivity contribution in [2.24, 2.45) is 0 Å². The fourth-order valence-electron chi connectivity index (χ4n) is 0.804. The highest BCUT2D eigenvalue weighted by Gasteiger charge is 2.23. The van der Waals surface area contributed by atoms with Crippen LogP contribution in [0.15, 0.2) is 0 Å². The molecule has 1 unspecified atom stereocenters. The summed E-state index contributed by atoms with van der Waals surface area (Å²) >= 11 is 0. The van der Waals surface area contributed by atoms with Gasteiger partial charge < -0.3 is 10.4 Å². The molecule has 0 saturated carbocycles. The molecule has 70 valence electrons. The van der Waals surface area contributed by atoms with Crippen LogP contribution >= 0.6 is 0 Å². The minimum atomic E-state index is -0.417. The summed E-state index contributed by atoms with van der Waals surface area (Å²) in [5.74, 6) is 0. The van der Waals surface area contributed by atoms with Crippen molar-refractivity contribution >= 4 is 0 Å². The van der Waals surface area contributed by atoms with Crippen molar-refractivity contribution in [3.8, 4) is 0 Å². The summed E-state index contributed by atoms with van der Waals surface area (Å²) in [5.41, 5.74) is -0.417. The number of nitrogens with one attached hydrogen (secondary N) is 1. The molecule has 11 heavy (non-hydrogen) atoms. The van der Waals surface area contributed by atoms with Crippen molar-refractivity contribution < 1.29 is 5.11 Å². The molecule has 1 heterocycles. The van der Waals surface area contributed by atoms with Gasteiger partial charge in [-0.3, -0.25) is 0 Å². The van der Waals surface area contributed by atoms with E-state index in [1.807, 2.05) is 34.6 Å². The molecular weight excluding hydrogens is 138 g/mol. The van der Waals surface area contributed by atoms with E-state index in [1.165, 1.54) is 0 Å². The average Bonchev–Trinajstić information content (AvgIpc) is 2.43. The van der Waals surface area contributed by atoms with Gasteiger partial charge in [0.2, 0.25) is 0 Å². The molecule has 2 N–H and O–H groups in total. The Kier molecular flexibility index (Phi) is 9.85. The minimum Gasteiger partial charge on any atom is -0.389 e. The molecule has 0 bridgehead atoms. The lowest BCUT2D eigenvalue weighted by Crippen LogP contribution is -2.26. The molecule has 0 radical (unpaired) electrons. The Balaban J connectivity index is 0. The van der Waals surface area contributed by atoms with Gasteiger partial charge in [0.1, 0.15) is 0 Å². The lowest BCUT2D eigenvalue weighted by molar-refractivity contribution is 0.0820. The molecule has 1 aliphatic heterocycles. The third-order valence-corrected chi connectivity index (χ3v) is 1.35. The predicted octanol–water partition coefficient (Wildman–Crippen LogP) is 1.78. The molecule has 1 rings (SSSR count). The van der Waals surface area contributed by atoms with Crippen LogP contribution < -0.4 is 5.32 Å². The van der Waals surface area contributed by atoms with Gasteiger partial charge in [0.05, 0.1) is 5.60 Å². The van der Waals surface area contributed by atoms with E-state index in [1.54, 1.807) is 0 Å². The normalized spacial score (nSPS) is 27.8. The molecule has 1 saturated heterocycles. The number of aliphatic hydroxyl groups is 1. The summed E-state index contributed by atoms with van der Waals surface area (Å²) in [5, 5.41) is 12.2. The third-order valence-electron chi connectivity index (χ3n) is 1.35. The molecule has 0 amide bonds. The first-order valence-corrected chi connectivity index (χ1v) is 4.64. The molecular formula is C9H23NO. The quantitative estimate of drug-likeness (QED) is 0.567. The first-order valence-electron chi connectivity index (χ1n) is 4.64. The SMILES string of the molecule is CC.CC.CC1(O)CCNC1. The van der Waals surface area contributed by atoms with E-state index in [0.717, 1.165) is 19.5 Å². The molecule has 1 fully saturated rings. The zero-order chi connectivity index (χ0) is 9.33. The summed E-state index contributed by atoms with van der Waals surface area (Å²) in [4.78, 5) is 0. The van der Waals surface area contributed by atoms with Crippen molar-refractivity contribution in [2.45, 2.75) is 46.6 Å². The molecule has 0 spiro atoms. The van der Waals surface area contributed by atoms with E-state index in [9.17, 15) is 0 Å². The minimum absolute atomic E-state index is 0.417. The van der Waals surface area contributed by atoms with E-state index in [2.05, 4.69) is 5.32 Å². The van der Waals surface area contributed by atoms with Gasteiger partial charge in [-0.1, -0.05) is 27.7 Å². The van der Waals surface area contributed by atoms with Crippen LogP contribution in [0.4, 0.5) is 0 Å². The van der Waals surface area contributed by atoms with Gasteiger partial charge in [0, 0.05) is 6.54 Å². The Morgan fingerprint density at radius 1 is 1.18 bits per heavy atom. The van der Waals surface area contributed by atoms with Gasteiger partial charge in [0.25, 0.3) is 0 Å². The van der Waals surface area contributed by atoms with E-state index in [0.29, 0.717) is 0 Å². The topological polar surface area (TPSA) is 32.3 Å². The highest BCUT2D eigenvalue weighted by molar-refractivity contribution is 4.82. The van der Waals surface area contributed by atoms with Crippen molar-refractivity contribution in [3.63, 3.8) is 0 Å². The number of hydrogen-bond donors (Lipinski definition) is 2. The van der Waals surface area contributed by atoms with Crippen LogP contribution in [0.5, 0.6) is 0 Å². The lowest BCUT2D eigenvalue weighted by atomic mass is 10.1. The maximum absolute atomic E-state index is 9.13. The highest BCUT2D eigenvalue weighted by Crippen LogP contribution is 2.10. The van der Waals surface area contributed by atoms with Gasteiger partial charge in [0.15, 0.2) is 0 Å². The maximum atomic E-state index is 9.13. The Morgan fingerprint density at radius 3 is 1.73 bits per heavy atom. The van der Waals surface area contributed by atoms with Crippen LogP contribution in [0.25, 0.3) is 0 Å². The summed E-state index contributed by atoms with van der Waals surface area (Å²) < 4.78 is 0. The van der Waals surface area contributed by atoms with E-state index in [4.69, 9.17) is 5.11 Å². The second-order valence-corrected chi connectivity index (χ2v) is 2.42. The van der Waals surface area contributed by atoms with Crippen LogP contribution in [-0.2, 0) is 0 Å². The van der Waals surface area contributed by atoms with Crippen LogP contribution in [0.2, 0.25) is 0 Å². The Hall–Kier alpha value is -0.0800. The van der Waals surface area contributed by atoms with Crippen LogP contribution in [0.3, 0.4) is 0 Å². The molecule has 1 atom stereocenters. The second kappa shape index (κ2) is 8.02. The van der Waals surface area contributed by atoms with E-state index >= 15 is 0 Å². The van der Waals surface area contributed by atoms with Crippen LogP contribution in [0.1, 0.15) is 41.0 Å². The third kappa shape index (κ3) is 7.82. The first-order chi connectivity index (χ1) is 5.21. The molecule has 0 aromatic heterocycles. The largest absolute Gasteiger partial charge is 0.389 e. The molecule has 0 aromatic carbocycles. The van der Waals surface area contributed by atoms with Crippen molar-refractivity contribution in [1.82, 2.24) is 5.32 Å². The van der Waals surface area contributed by atoms with Crippen molar-refractivity contribution in [2.75, 3.05) is 13.1 Å². The number of hydrogen-bond acceptors (Lipinski definition) is 2. The monoisotopic (exact) mass is 161 g/mol. The fourth-order valence-corrected chi connectivity index (χ4v) is 0.804. The van der Waals surface area contributed by atoms with Gasteiger partial charge >= 0.3 is 0 Å². The smallest absolute Gasteiger partial charge is 0.0755 e. The summed E-state index contributed by atoms with van der Waals surface area (Å²) in [7, 11) is 0. The van der Waals surface area contributed by atoms with Crippen LogP contribution in [0, 0.1) is 0 Å². The van der Waals surface area contributed by atoms with Gasteiger partial charge in [-0.15, -0.1) is 0 Å². The average molecular weight is 161 g/mol. The Bertz CT molecular complexity index is 64.0. The zero-order valence-corrected chi connectivity index (χ0v) is 8.57. The van der Waals surface area contributed by atoms with Gasteiger partial charge in [-0.2, -0.15) is 0 Å². The maximum Gasteiger partial charge on any atom is 0.0755 e. The van der Waals surface area contributed by atoms with Gasteiger partial charge in [-0.05, 0) is 19.9 Å². The number of β-amino-alcohol motifs (C(OH)–C–C–N with tert-alkyl or cyclic N) is 1. The standard InChI is InChI=1S/C5H11NO.2C2H6/c1-5(7)2-3-6-4-5;2*1-2/h6-7H,2-4H2,1H3;2*1-2H3. The summed E-state index contributed by atoms with van der Waals surface area (Å²) in [6.07, 6.45) is 0.896. The molecule has 2 heteroatoms. The Labute approximate surface area is 71.0 Å². The van der Waals surface area contributed by atoms with E-state index in [-0.39, 0.29) is 0 Å². The van der Waals surface area contributed by atoms with Crippen molar-refractivity contribution in [3.05, 3.63) is 0 Å². The molecule has 2 nitrogen and oxygen atoms in total. The number of rotatable bonds is 0. The Morgan fingerprint density at radius 2 is 1.64 bits per heavy atom. The van der Waals surface area contributed by atoms with Crippen molar-refractivity contribution in [1.29, 1.82) is 0 Å². The van der Waals surface area contributed by atoms with Crippen LogP contribution in [-0.4, -0.2) is 23.8 Å². The van der Waals surface area contributed by atoms with E-state index < -0.39 is 5.60 Å². The lowest BCUT2D eigenvalue weighted by Gasteiger charge is -2.11. The summed E-state index contributed by atoms with van der Waals surface area (Å²) in [6.45, 7) is 11.6.